The number of nitrogens with zero attached hydrogens (tertiary/aromatic N) is 4. The van der Waals surface area contributed by atoms with Gasteiger partial charge in [0.25, 0.3) is 0 Å². The Morgan fingerprint density at radius 2 is 1.65 bits per heavy atom. The molecule has 0 N–H and O–H groups in total. The smallest absolute Gasteiger partial charge is 0.218 e. The molecule has 8 heteroatoms. The fraction of sp³-hybridized carbons (Fsp3) is 0.304. The maximum Gasteiger partial charge on any atom is 0.218 e. The van der Waals surface area contributed by atoms with Crippen LogP contribution in [0.2, 0.25) is 0 Å². The Morgan fingerprint density at radius 1 is 0.935 bits per heavy atom. The van der Waals surface area contributed by atoms with Gasteiger partial charge in [-0.2, -0.15) is 4.31 Å². The minimum Gasteiger partial charge on any atom is -0.494 e. The molecule has 162 valence electrons. The van der Waals surface area contributed by atoms with Gasteiger partial charge in [0.2, 0.25) is 10.0 Å². The molecule has 7 nitrogen and oxygen atoms in total. The van der Waals surface area contributed by atoms with Crippen molar-refractivity contribution in [2.45, 2.75) is 12.7 Å². The van der Waals surface area contributed by atoms with Crippen molar-refractivity contribution in [1.29, 1.82) is 0 Å². The number of benzene rings is 2. The van der Waals surface area contributed by atoms with Crippen molar-refractivity contribution in [2.75, 3.05) is 37.7 Å². The highest BCUT2D eigenvalue weighted by Crippen LogP contribution is 2.24. The fourth-order valence-electron chi connectivity index (χ4n) is 3.64. The lowest BCUT2D eigenvalue weighted by Gasteiger charge is -2.34. The number of rotatable bonds is 7. The highest BCUT2D eigenvalue weighted by atomic mass is 32.2. The molecule has 0 amide bonds. The number of ether oxygens (including phenoxy) is 1. The van der Waals surface area contributed by atoms with Gasteiger partial charge < -0.3 is 9.64 Å². The Morgan fingerprint density at radius 3 is 2.32 bits per heavy atom. The van der Waals surface area contributed by atoms with Crippen LogP contribution >= 0.6 is 0 Å². The van der Waals surface area contributed by atoms with Crippen LogP contribution in [0.1, 0.15) is 12.5 Å². The van der Waals surface area contributed by atoms with E-state index in [1.165, 1.54) is 0 Å². The largest absolute Gasteiger partial charge is 0.494 e. The molecule has 3 aromatic rings. The molecule has 2 heterocycles. The van der Waals surface area contributed by atoms with Gasteiger partial charge in [0.15, 0.2) is 0 Å². The average molecular weight is 439 g/mol. The Hall–Kier alpha value is -2.97. The molecule has 0 radical (unpaired) electrons. The van der Waals surface area contributed by atoms with E-state index in [0.29, 0.717) is 32.8 Å². The fourth-order valence-corrected chi connectivity index (χ4v) is 5.15. The Balaban J connectivity index is 1.41. The number of hydrogen-bond donors (Lipinski definition) is 0. The van der Waals surface area contributed by atoms with Gasteiger partial charge in [-0.25, -0.2) is 18.4 Å². The summed E-state index contributed by atoms with van der Waals surface area (Å²) in [7, 11) is -3.34. The first-order valence-electron chi connectivity index (χ1n) is 10.4. The highest BCUT2D eigenvalue weighted by Gasteiger charge is 2.27. The summed E-state index contributed by atoms with van der Waals surface area (Å²) in [6.07, 6.45) is 1.56. The molecular formula is C23H26N4O3S. The van der Waals surface area contributed by atoms with Crippen LogP contribution in [0.4, 0.5) is 5.82 Å². The van der Waals surface area contributed by atoms with E-state index in [0.717, 1.165) is 28.4 Å². The van der Waals surface area contributed by atoms with Gasteiger partial charge >= 0.3 is 0 Å². The van der Waals surface area contributed by atoms with E-state index in [2.05, 4.69) is 14.9 Å². The van der Waals surface area contributed by atoms with E-state index in [-0.39, 0.29) is 5.75 Å². The standard InChI is InChI=1S/C23H26N4O3S/c1-2-30-21-10-8-20(9-11-21)22-16-23(25-18-24-22)26-12-14-27(15-13-26)31(28,29)17-19-6-4-3-5-7-19/h3-11,16,18H,2,12-15,17H2,1H3. The lowest BCUT2D eigenvalue weighted by atomic mass is 10.1. The predicted molar refractivity (Wildman–Crippen MR) is 121 cm³/mol. The molecule has 2 aromatic carbocycles. The summed E-state index contributed by atoms with van der Waals surface area (Å²) in [4.78, 5) is 10.9. The van der Waals surface area contributed by atoms with Crippen LogP contribution < -0.4 is 9.64 Å². The molecule has 4 rings (SSSR count). The van der Waals surface area contributed by atoms with E-state index in [9.17, 15) is 8.42 Å². The lowest BCUT2D eigenvalue weighted by Crippen LogP contribution is -2.49. The summed E-state index contributed by atoms with van der Waals surface area (Å²) in [5.74, 6) is 1.66. The normalized spacial score (nSPS) is 15.1. The number of anilines is 1. The molecule has 0 bridgehead atoms. The summed E-state index contributed by atoms with van der Waals surface area (Å²) >= 11 is 0. The van der Waals surface area contributed by atoms with E-state index in [1.54, 1.807) is 10.6 Å². The molecule has 1 aromatic heterocycles. The highest BCUT2D eigenvalue weighted by molar-refractivity contribution is 7.88. The Bertz CT molecular complexity index is 1100. The third kappa shape index (κ3) is 5.21. The maximum absolute atomic E-state index is 12.8. The molecular weight excluding hydrogens is 412 g/mol. The van der Waals surface area contributed by atoms with Crippen molar-refractivity contribution >= 4 is 15.8 Å². The molecule has 0 aliphatic carbocycles. The van der Waals surface area contributed by atoms with Gasteiger partial charge in [-0.15, -0.1) is 0 Å². The molecule has 0 saturated carbocycles. The van der Waals surface area contributed by atoms with Crippen LogP contribution in [0.15, 0.2) is 67.0 Å². The Kier molecular flexibility index (Phi) is 6.48. The summed E-state index contributed by atoms with van der Waals surface area (Å²) in [6.45, 7) is 4.65. The quantitative estimate of drug-likeness (QED) is 0.564. The van der Waals surface area contributed by atoms with E-state index in [1.807, 2.05) is 67.6 Å². The number of hydrogen-bond acceptors (Lipinski definition) is 6. The predicted octanol–water partition coefficient (Wildman–Crippen LogP) is 3.19. The van der Waals surface area contributed by atoms with Crippen LogP contribution in [0, 0.1) is 0 Å². The molecule has 1 aliphatic rings. The first-order valence-corrected chi connectivity index (χ1v) is 12.0. The van der Waals surface area contributed by atoms with Gasteiger partial charge in [0.1, 0.15) is 17.9 Å². The zero-order valence-corrected chi connectivity index (χ0v) is 18.3. The van der Waals surface area contributed by atoms with E-state index >= 15 is 0 Å². The van der Waals surface area contributed by atoms with Crippen LogP contribution in [-0.4, -0.2) is 55.5 Å². The number of sulfonamides is 1. The monoisotopic (exact) mass is 438 g/mol. The van der Waals surface area contributed by atoms with E-state index in [4.69, 9.17) is 4.74 Å². The first-order chi connectivity index (χ1) is 15.0. The molecule has 31 heavy (non-hydrogen) atoms. The third-order valence-electron chi connectivity index (χ3n) is 5.26. The second-order valence-corrected chi connectivity index (χ2v) is 9.32. The topological polar surface area (TPSA) is 75.6 Å². The summed E-state index contributed by atoms with van der Waals surface area (Å²) in [5.41, 5.74) is 2.61. The summed E-state index contributed by atoms with van der Waals surface area (Å²) < 4.78 is 32.6. The second kappa shape index (κ2) is 9.45. The SMILES string of the molecule is CCOc1ccc(-c2cc(N3CCN(S(=O)(=O)Cc4ccccc4)CC3)ncn2)cc1. The summed E-state index contributed by atoms with van der Waals surface area (Å²) in [6, 6.07) is 19.1. The molecule has 0 atom stereocenters. The van der Waals surface area contributed by atoms with Crippen molar-refractivity contribution in [3.05, 3.63) is 72.6 Å². The van der Waals surface area contributed by atoms with E-state index < -0.39 is 10.0 Å². The number of piperazine rings is 1. The second-order valence-electron chi connectivity index (χ2n) is 7.35. The van der Waals surface area contributed by atoms with Crippen molar-refractivity contribution < 1.29 is 13.2 Å². The van der Waals surface area contributed by atoms with Gasteiger partial charge in [0, 0.05) is 37.8 Å². The lowest BCUT2D eigenvalue weighted by molar-refractivity contribution is 0.340. The third-order valence-corrected chi connectivity index (χ3v) is 7.11. The van der Waals surface area contributed by atoms with Gasteiger partial charge in [0.05, 0.1) is 18.1 Å². The van der Waals surface area contributed by atoms with Crippen molar-refractivity contribution in [1.82, 2.24) is 14.3 Å². The molecule has 1 fully saturated rings. The first kappa shape index (κ1) is 21.3. The summed E-state index contributed by atoms with van der Waals surface area (Å²) in [5, 5.41) is 0. The molecule has 0 spiro atoms. The number of aromatic nitrogens is 2. The van der Waals surface area contributed by atoms with Crippen LogP contribution in [0.25, 0.3) is 11.3 Å². The van der Waals surface area contributed by atoms with Crippen LogP contribution in [0.5, 0.6) is 5.75 Å². The van der Waals surface area contributed by atoms with Crippen molar-refractivity contribution in [3.8, 4) is 17.0 Å². The zero-order chi connectivity index (χ0) is 21.7. The molecule has 1 aliphatic heterocycles. The minimum absolute atomic E-state index is 0.0310. The van der Waals surface area contributed by atoms with Crippen LogP contribution in [0.3, 0.4) is 0 Å². The van der Waals surface area contributed by atoms with Gasteiger partial charge in [-0.3, -0.25) is 0 Å². The maximum atomic E-state index is 12.8. The van der Waals surface area contributed by atoms with Gasteiger partial charge in [-0.05, 0) is 36.8 Å². The van der Waals surface area contributed by atoms with Crippen molar-refractivity contribution in [2.24, 2.45) is 0 Å². The van der Waals surface area contributed by atoms with Gasteiger partial charge in [-0.1, -0.05) is 30.3 Å². The molecule has 1 saturated heterocycles. The zero-order valence-electron chi connectivity index (χ0n) is 17.5. The van der Waals surface area contributed by atoms with Crippen molar-refractivity contribution in [3.63, 3.8) is 0 Å². The van der Waals surface area contributed by atoms with Crippen LogP contribution in [-0.2, 0) is 15.8 Å². The molecule has 0 unspecified atom stereocenters. The average Bonchev–Trinajstić information content (AvgIpc) is 2.80. The minimum atomic E-state index is -3.34. The Labute approximate surface area is 183 Å².